The van der Waals surface area contributed by atoms with Gasteiger partial charge < -0.3 is 14.2 Å². The Bertz CT molecular complexity index is 301. The van der Waals surface area contributed by atoms with Gasteiger partial charge in [0.15, 0.2) is 0 Å². The van der Waals surface area contributed by atoms with Gasteiger partial charge in [-0.25, -0.2) is 9.59 Å². The van der Waals surface area contributed by atoms with Gasteiger partial charge in [0.05, 0.1) is 12.2 Å². The second kappa shape index (κ2) is 6.27. The fourth-order valence-corrected chi connectivity index (χ4v) is 0.879. The summed E-state index contributed by atoms with van der Waals surface area (Å²) in [7, 11) is 0. The second-order valence-corrected chi connectivity index (χ2v) is 4.47. The lowest BCUT2D eigenvalue weighted by Crippen LogP contribution is -2.29. The molecule has 0 amide bonds. The molecule has 0 saturated heterocycles. The van der Waals surface area contributed by atoms with Gasteiger partial charge in [-0.1, -0.05) is 6.58 Å². The Hall–Kier alpha value is -1.52. The van der Waals surface area contributed by atoms with Crippen molar-refractivity contribution in [2.45, 2.75) is 46.3 Å². The summed E-state index contributed by atoms with van der Waals surface area (Å²) in [4.78, 5) is 22.6. The fraction of sp³-hybridized carbons (Fsp3) is 0.667. The van der Waals surface area contributed by atoms with Crippen LogP contribution in [0.25, 0.3) is 0 Å². The van der Waals surface area contributed by atoms with E-state index in [0.29, 0.717) is 0 Å². The van der Waals surface area contributed by atoms with E-state index in [1.54, 1.807) is 27.7 Å². The standard InChI is InChI=1S/C12H20O5/c1-7-15-10(13)8(2)9(3)16-11(14)17-12(4,5)6/h9H,2,7H2,1,3-6H3. The molecule has 0 aromatic rings. The molecule has 0 aliphatic heterocycles. The third kappa shape index (κ3) is 6.60. The Kier molecular flexibility index (Phi) is 5.71. The van der Waals surface area contributed by atoms with Gasteiger partial charge in [0.25, 0.3) is 0 Å². The van der Waals surface area contributed by atoms with E-state index >= 15 is 0 Å². The Morgan fingerprint density at radius 1 is 1.29 bits per heavy atom. The molecule has 98 valence electrons. The van der Waals surface area contributed by atoms with Crippen molar-refractivity contribution < 1.29 is 23.8 Å². The zero-order valence-electron chi connectivity index (χ0n) is 11.0. The predicted molar refractivity (Wildman–Crippen MR) is 62.6 cm³/mol. The maximum atomic E-state index is 11.3. The second-order valence-electron chi connectivity index (χ2n) is 4.47. The van der Waals surface area contributed by atoms with Gasteiger partial charge in [-0.05, 0) is 34.6 Å². The summed E-state index contributed by atoms with van der Waals surface area (Å²) < 4.78 is 14.6. The molecule has 0 bridgehead atoms. The predicted octanol–water partition coefficient (Wildman–Crippen LogP) is 2.45. The van der Waals surface area contributed by atoms with Crippen molar-refractivity contribution in [3.63, 3.8) is 0 Å². The van der Waals surface area contributed by atoms with Crippen LogP contribution in [0.2, 0.25) is 0 Å². The first-order valence-corrected chi connectivity index (χ1v) is 5.43. The van der Waals surface area contributed by atoms with Crippen LogP contribution in [0.4, 0.5) is 4.79 Å². The number of esters is 1. The van der Waals surface area contributed by atoms with Crippen molar-refractivity contribution in [3.05, 3.63) is 12.2 Å². The highest BCUT2D eigenvalue weighted by atomic mass is 16.7. The molecule has 0 rings (SSSR count). The molecule has 0 radical (unpaired) electrons. The lowest BCUT2D eigenvalue weighted by atomic mass is 10.2. The van der Waals surface area contributed by atoms with Crippen molar-refractivity contribution in [2.75, 3.05) is 6.61 Å². The Labute approximate surface area is 102 Å². The minimum Gasteiger partial charge on any atom is -0.463 e. The Morgan fingerprint density at radius 2 is 1.82 bits per heavy atom. The molecule has 0 aromatic carbocycles. The third-order valence-corrected chi connectivity index (χ3v) is 1.69. The number of carbonyl (C=O) groups excluding carboxylic acids is 2. The fourth-order valence-electron chi connectivity index (χ4n) is 0.879. The smallest absolute Gasteiger partial charge is 0.463 e. The van der Waals surface area contributed by atoms with E-state index in [-0.39, 0.29) is 12.2 Å². The summed E-state index contributed by atoms with van der Waals surface area (Å²) in [5, 5.41) is 0. The van der Waals surface area contributed by atoms with Gasteiger partial charge in [0, 0.05) is 0 Å². The van der Waals surface area contributed by atoms with Crippen LogP contribution >= 0.6 is 0 Å². The third-order valence-electron chi connectivity index (χ3n) is 1.69. The molecular weight excluding hydrogens is 224 g/mol. The largest absolute Gasteiger partial charge is 0.509 e. The SMILES string of the molecule is C=C(C(=O)OCC)C(C)OC(=O)OC(C)(C)C. The van der Waals surface area contributed by atoms with Gasteiger partial charge in [0.1, 0.15) is 11.7 Å². The average molecular weight is 244 g/mol. The molecule has 0 N–H and O–H groups in total. The van der Waals surface area contributed by atoms with Gasteiger partial charge in [-0.3, -0.25) is 0 Å². The Morgan fingerprint density at radius 3 is 2.24 bits per heavy atom. The zero-order chi connectivity index (χ0) is 13.6. The monoisotopic (exact) mass is 244 g/mol. The molecule has 5 nitrogen and oxygen atoms in total. The molecule has 0 fully saturated rings. The summed E-state index contributed by atoms with van der Waals surface area (Å²) in [6, 6.07) is 0. The maximum absolute atomic E-state index is 11.3. The Balaban J connectivity index is 4.26. The normalized spacial score (nSPS) is 12.5. The van der Waals surface area contributed by atoms with Crippen LogP contribution in [0.1, 0.15) is 34.6 Å². The van der Waals surface area contributed by atoms with Crippen molar-refractivity contribution in [1.29, 1.82) is 0 Å². The van der Waals surface area contributed by atoms with E-state index < -0.39 is 23.8 Å². The summed E-state index contributed by atoms with van der Waals surface area (Å²) in [6.45, 7) is 12.1. The molecule has 1 unspecified atom stereocenters. The molecule has 0 heterocycles. The molecule has 0 saturated carbocycles. The van der Waals surface area contributed by atoms with Crippen molar-refractivity contribution in [1.82, 2.24) is 0 Å². The summed E-state index contributed by atoms with van der Waals surface area (Å²) in [5.74, 6) is -0.580. The van der Waals surface area contributed by atoms with E-state index in [2.05, 4.69) is 6.58 Å². The number of rotatable bonds is 4. The van der Waals surface area contributed by atoms with Crippen LogP contribution in [0.5, 0.6) is 0 Å². The highest BCUT2D eigenvalue weighted by molar-refractivity contribution is 5.89. The van der Waals surface area contributed by atoms with E-state index in [4.69, 9.17) is 14.2 Å². The quantitative estimate of drug-likeness (QED) is 0.561. The highest BCUT2D eigenvalue weighted by Gasteiger charge is 2.23. The maximum Gasteiger partial charge on any atom is 0.509 e. The lowest BCUT2D eigenvalue weighted by molar-refractivity contribution is -0.139. The van der Waals surface area contributed by atoms with Crippen LogP contribution in [0.15, 0.2) is 12.2 Å². The summed E-state index contributed by atoms with van der Waals surface area (Å²) >= 11 is 0. The summed E-state index contributed by atoms with van der Waals surface area (Å²) in [5.41, 5.74) is -0.556. The zero-order valence-corrected chi connectivity index (χ0v) is 11.0. The highest BCUT2D eigenvalue weighted by Crippen LogP contribution is 2.12. The van der Waals surface area contributed by atoms with Gasteiger partial charge in [-0.15, -0.1) is 0 Å². The first kappa shape index (κ1) is 15.5. The minimum absolute atomic E-state index is 0.0812. The first-order chi connectivity index (χ1) is 7.67. The first-order valence-electron chi connectivity index (χ1n) is 5.43. The van der Waals surface area contributed by atoms with Gasteiger partial charge >= 0.3 is 12.1 Å². The van der Waals surface area contributed by atoms with Crippen molar-refractivity contribution >= 4 is 12.1 Å². The van der Waals surface area contributed by atoms with Crippen molar-refractivity contribution in [3.8, 4) is 0 Å². The number of ether oxygens (including phenoxy) is 3. The van der Waals surface area contributed by atoms with E-state index in [9.17, 15) is 9.59 Å². The lowest BCUT2D eigenvalue weighted by Gasteiger charge is -2.21. The molecule has 5 heteroatoms. The molecule has 0 spiro atoms. The van der Waals surface area contributed by atoms with Crippen LogP contribution < -0.4 is 0 Å². The number of hydrogen-bond acceptors (Lipinski definition) is 5. The van der Waals surface area contributed by atoms with Crippen LogP contribution in [0.3, 0.4) is 0 Å². The van der Waals surface area contributed by atoms with E-state index in [1.807, 2.05) is 0 Å². The molecule has 0 aliphatic carbocycles. The molecule has 1 atom stereocenters. The van der Waals surface area contributed by atoms with Crippen LogP contribution in [0, 0.1) is 0 Å². The van der Waals surface area contributed by atoms with Gasteiger partial charge in [-0.2, -0.15) is 0 Å². The van der Waals surface area contributed by atoms with E-state index in [1.165, 1.54) is 6.92 Å². The molecule has 0 aliphatic rings. The van der Waals surface area contributed by atoms with Crippen molar-refractivity contribution in [2.24, 2.45) is 0 Å². The van der Waals surface area contributed by atoms with Crippen LogP contribution in [-0.4, -0.2) is 30.4 Å². The van der Waals surface area contributed by atoms with Crippen LogP contribution in [-0.2, 0) is 19.0 Å². The number of hydrogen-bond donors (Lipinski definition) is 0. The molecule has 0 aromatic heterocycles. The minimum atomic E-state index is -0.838. The average Bonchev–Trinajstić information content (AvgIpc) is 2.13. The topological polar surface area (TPSA) is 61.8 Å². The van der Waals surface area contributed by atoms with Gasteiger partial charge in [0.2, 0.25) is 0 Å². The molecule has 17 heavy (non-hydrogen) atoms. The molecular formula is C12H20O5. The van der Waals surface area contributed by atoms with E-state index in [0.717, 1.165) is 0 Å². The number of carbonyl (C=O) groups is 2. The summed E-state index contributed by atoms with van der Waals surface area (Å²) in [6.07, 6.45) is -1.61.